The summed E-state index contributed by atoms with van der Waals surface area (Å²) in [5.41, 5.74) is 2.93. The fourth-order valence-corrected chi connectivity index (χ4v) is 5.39. The fraction of sp³-hybridized carbons (Fsp3) is 0.138. The van der Waals surface area contributed by atoms with E-state index in [9.17, 15) is 19.2 Å². The Balaban J connectivity index is 1.09. The van der Waals surface area contributed by atoms with Crippen LogP contribution in [0.5, 0.6) is 5.75 Å². The van der Waals surface area contributed by atoms with Crippen LogP contribution in [0.2, 0.25) is 0 Å². The number of hydrogen-bond acceptors (Lipinski definition) is 10. The highest BCUT2D eigenvalue weighted by Gasteiger charge is 2.41. The zero-order valence-electron chi connectivity index (χ0n) is 21.6. The second kappa shape index (κ2) is 10.8. The summed E-state index contributed by atoms with van der Waals surface area (Å²) in [6.07, 6.45) is -0.0329. The van der Waals surface area contributed by atoms with Crippen molar-refractivity contribution in [3.63, 3.8) is 0 Å². The Morgan fingerprint density at radius 1 is 0.976 bits per heavy atom. The van der Waals surface area contributed by atoms with Gasteiger partial charge in [-0.3, -0.25) is 14.4 Å². The predicted molar refractivity (Wildman–Crippen MR) is 150 cm³/mol. The van der Waals surface area contributed by atoms with E-state index >= 15 is 0 Å². The lowest BCUT2D eigenvalue weighted by Gasteiger charge is -2.15. The number of hydrogen-bond donors (Lipinski definition) is 1. The van der Waals surface area contributed by atoms with Crippen LogP contribution >= 0.6 is 11.8 Å². The van der Waals surface area contributed by atoms with E-state index in [-0.39, 0.29) is 28.8 Å². The summed E-state index contributed by atoms with van der Waals surface area (Å²) in [7, 11) is 1.52. The number of anilines is 1. The van der Waals surface area contributed by atoms with Crippen molar-refractivity contribution < 1.29 is 28.7 Å². The number of benzene rings is 3. The molecule has 0 aliphatic carbocycles. The van der Waals surface area contributed by atoms with Crippen LogP contribution in [0.3, 0.4) is 0 Å². The highest BCUT2D eigenvalue weighted by atomic mass is 32.2. The number of amides is 2. The Labute approximate surface area is 236 Å². The molecule has 1 unspecified atom stereocenters. The number of Topliss-reactive ketones (excluding diaryl/α,β-unsaturated/α-hetero) is 1. The number of nitrogens with zero attached hydrogens (tertiary/aromatic N) is 4. The van der Waals surface area contributed by atoms with Gasteiger partial charge in [0.15, 0.2) is 18.0 Å². The predicted octanol–water partition coefficient (Wildman–Crippen LogP) is 3.98. The smallest absolute Gasteiger partial charge is 0.338 e. The number of para-hydroxylation sites is 1. The quantitative estimate of drug-likeness (QED) is 0.166. The number of carbonyl (C=O) groups is 4. The molecule has 0 spiro atoms. The van der Waals surface area contributed by atoms with Crippen LogP contribution in [0, 0.1) is 0 Å². The SMILES string of the molecule is COc1ccc(C(=O)COC(=O)c2ccc(N3C(=O)CC(Sc4nnc5c(n4)[nH]c4ccccc45)C3=O)cc2)cc1. The number of ketones is 1. The average molecular weight is 568 g/mol. The molecule has 6 rings (SSSR count). The molecule has 1 fully saturated rings. The number of H-pyrrole nitrogens is 1. The molecule has 204 valence electrons. The van der Waals surface area contributed by atoms with E-state index in [2.05, 4.69) is 20.2 Å². The van der Waals surface area contributed by atoms with Crippen molar-refractivity contribution in [2.75, 3.05) is 18.6 Å². The third-order valence-corrected chi connectivity index (χ3v) is 7.60. The van der Waals surface area contributed by atoms with Gasteiger partial charge in [0.25, 0.3) is 0 Å². The zero-order valence-corrected chi connectivity index (χ0v) is 22.4. The maximum Gasteiger partial charge on any atom is 0.338 e. The van der Waals surface area contributed by atoms with E-state index in [1.165, 1.54) is 31.4 Å². The molecule has 1 saturated heterocycles. The van der Waals surface area contributed by atoms with Gasteiger partial charge in [-0.1, -0.05) is 30.0 Å². The Morgan fingerprint density at radius 3 is 2.46 bits per heavy atom. The highest BCUT2D eigenvalue weighted by Crippen LogP contribution is 2.33. The van der Waals surface area contributed by atoms with Gasteiger partial charge in [-0.25, -0.2) is 14.7 Å². The number of rotatable bonds is 8. The van der Waals surface area contributed by atoms with E-state index in [0.717, 1.165) is 27.6 Å². The van der Waals surface area contributed by atoms with Crippen LogP contribution in [0.1, 0.15) is 27.1 Å². The maximum absolute atomic E-state index is 13.2. The molecule has 11 nitrogen and oxygen atoms in total. The first-order chi connectivity index (χ1) is 19.9. The van der Waals surface area contributed by atoms with Crippen molar-refractivity contribution in [1.29, 1.82) is 0 Å². The van der Waals surface area contributed by atoms with Crippen LogP contribution in [0.15, 0.2) is 78.0 Å². The summed E-state index contributed by atoms with van der Waals surface area (Å²) >= 11 is 1.07. The van der Waals surface area contributed by atoms with Gasteiger partial charge in [0, 0.05) is 22.9 Å². The minimum absolute atomic E-state index is 0.0329. The lowest BCUT2D eigenvalue weighted by Crippen LogP contribution is -2.31. The molecule has 1 atom stereocenters. The monoisotopic (exact) mass is 567 g/mol. The number of fused-ring (bicyclic) bond motifs is 3. The number of esters is 1. The lowest BCUT2D eigenvalue weighted by atomic mass is 10.1. The van der Waals surface area contributed by atoms with Gasteiger partial charge in [-0.15, -0.1) is 10.2 Å². The number of aromatic nitrogens is 4. The van der Waals surface area contributed by atoms with Gasteiger partial charge in [-0.2, -0.15) is 0 Å². The van der Waals surface area contributed by atoms with E-state index in [1.807, 2.05) is 24.3 Å². The van der Waals surface area contributed by atoms with Crippen molar-refractivity contribution in [2.45, 2.75) is 16.8 Å². The molecule has 5 aromatic rings. The number of carbonyl (C=O) groups excluding carboxylic acids is 4. The third kappa shape index (κ3) is 5.12. The topological polar surface area (TPSA) is 144 Å². The Bertz CT molecular complexity index is 1820. The first kappa shape index (κ1) is 26.1. The Kier molecular flexibility index (Phi) is 6.89. The molecule has 2 amide bonds. The summed E-state index contributed by atoms with van der Waals surface area (Å²) in [6, 6.07) is 19.9. The van der Waals surface area contributed by atoms with Crippen LogP contribution in [-0.4, -0.2) is 62.7 Å². The third-order valence-electron chi connectivity index (χ3n) is 6.56. The van der Waals surface area contributed by atoms with Crippen molar-refractivity contribution in [3.05, 3.63) is 83.9 Å². The molecule has 0 bridgehead atoms. The lowest BCUT2D eigenvalue weighted by molar-refractivity contribution is -0.121. The van der Waals surface area contributed by atoms with Gasteiger partial charge in [0.05, 0.1) is 18.4 Å². The van der Waals surface area contributed by atoms with Crippen LogP contribution in [0.25, 0.3) is 22.1 Å². The molecule has 1 aliphatic heterocycles. The number of methoxy groups -OCH3 is 1. The molecule has 1 aliphatic rings. The second-order valence-corrected chi connectivity index (χ2v) is 10.3. The Hall–Kier alpha value is -5.10. The number of aromatic amines is 1. The molecule has 0 saturated carbocycles. The van der Waals surface area contributed by atoms with Gasteiger partial charge >= 0.3 is 5.97 Å². The van der Waals surface area contributed by atoms with Crippen LogP contribution in [-0.2, 0) is 14.3 Å². The molecular weight excluding hydrogens is 546 g/mol. The Morgan fingerprint density at radius 2 is 1.71 bits per heavy atom. The highest BCUT2D eigenvalue weighted by molar-refractivity contribution is 8.00. The molecule has 41 heavy (non-hydrogen) atoms. The van der Waals surface area contributed by atoms with Gasteiger partial charge < -0.3 is 14.5 Å². The summed E-state index contributed by atoms with van der Waals surface area (Å²) in [6.45, 7) is -0.434. The van der Waals surface area contributed by atoms with E-state index in [4.69, 9.17) is 9.47 Å². The molecular formula is C29H21N5O6S. The molecule has 12 heteroatoms. The zero-order chi connectivity index (χ0) is 28.5. The van der Waals surface area contributed by atoms with Gasteiger partial charge in [0.1, 0.15) is 16.5 Å². The first-order valence-corrected chi connectivity index (χ1v) is 13.4. The van der Waals surface area contributed by atoms with Crippen LogP contribution < -0.4 is 9.64 Å². The van der Waals surface area contributed by atoms with E-state index in [1.54, 1.807) is 24.3 Å². The second-order valence-electron chi connectivity index (χ2n) is 9.11. The minimum atomic E-state index is -0.722. The maximum atomic E-state index is 13.2. The molecule has 3 heterocycles. The normalized spacial score (nSPS) is 15.0. The van der Waals surface area contributed by atoms with Crippen molar-refractivity contribution >= 4 is 63.1 Å². The van der Waals surface area contributed by atoms with Crippen molar-refractivity contribution in [3.8, 4) is 5.75 Å². The van der Waals surface area contributed by atoms with Gasteiger partial charge in [-0.05, 0) is 54.6 Å². The summed E-state index contributed by atoms with van der Waals surface area (Å²) in [4.78, 5) is 59.5. The fourth-order valence-electron chi connectivity index (χ4n) is 4.47. The first-order valence-electron chi connectivity index (χ1n) is 12.5. The van der Waals surface area contributed by atoms with Gasteiger partial charge in [0.2, 0.25) is 17.0 Å². The summed E-state index contributed by atoms with van der Waals surface area (Å²) in [5.74, 6) is -1.26. The number of ether oxygens (including phenoxy) is 2. The standard InChI is InChI=1S/C29H21N5O6S/c1-39-19-12-8-16(9-13-19)22(35)15-40-28(38)17-6-10-18(11-7-17)34-24(36)14-23(27(34)37)41-29-31-26-25(32-33-29)20-4-2-3-5-21(20)30-26/h2-13,23H,14-15H2,1H3,(H,30,31,33). The summed E-state index contributed by atoms with van der Waals surface area (Å²) < 4.78 is 10.2. The summed E-state index contributed by atoms with van der Waals surface area (Å²) in [5, 5.41) is 8.87. The van der Waals surface area contributed by atoms with Crippen molar-refractivity contribution in [2.24, 2.45) is 0 Å². The molecule has 1 N–H and O–H groups in total. The van der Waals surface area contributed by atoms with Crippen molar-refractivity contribution in [1.82, 2.24) is 20.2 Å². The molecule has 2 aromatic heterocycles. The van der Waals surface area contributed by atoms with E-state index < -0.39 is 23.7 Å². The average Bonchev–Trinajstić information content (AvgIpc) is 3.51. The van der Waals surface area contributed by atoms with Crippen LogP contribution in [0.4, 0.5) is 5.69 Å². The minimum Gasteiger partial charge on any atom is -0.497 e. The molecule has 0 radical (unpaired) electrons. The molecule has 3 aromatic carbocycles. The largest absolute Gasteiger partial charge is 0.497 e. The number of nitrogens with one attached hydrogen (secondary N) is 1. The van der Waals surface area contributed by atoms with E-state index in [0.29, 0.717) is 28.2 Å². The number of thioether (sulfide) groups is 1. The number of imide groups is 1.